The molecule has 3 N–H and O–H groups in total. The third-order valence-electron chi connectivity index (χ3n) is 3.75. The summed E-state index contributed by atoms with van der Waals surface area (Å²) in [6, 6.07) is 0.434. The van der Waals surface area contributed by atoms with Crippen molar-refractivity contribution in [3.8, 4) is 0 Å². The molecule has 0 aromatic heterocycles. The summed E-state index contributed by atoms with van der Waals surface area (Å²) in [5, 5.41) is 2.89. The molecule has 0 saturated carbocycles. The molecule has 0 aromatic carbocycles. The van der Waals surface area contributed by atoms with Gasteiger partial charge in [0.15, 0.2) is 0 Å². The number of nitrogens with two attached hydrogens (primary N) is 1. The third-order valence-corrected chi connectivity index (χ3v) is 3.75. The van der Waals surface area contributed by atoms with Gasteiger partial charge in [0.25, 0.3) is 0 Å². The zero-order chi connectivity index (χ0) is 13.0. The van der Waals surface area contributed by atoms with E-state index in [1.807, 2.05) is 11.8 Å². The molecule has 18 heavy (non-hydrogen) atoms. The molecule has 0 aromatic rings. The number of fused-ring (bicyclic) bond motifs is 1. The minimum absolute atomic E-state index is 0.0915. The molecule has 0 spiro atoms. The fraction of sp³-hybridized carbons (Fsp3) is 0.917. The maximum absolute atomic E-state index is 11.5. The minimum atomic E-state index is 0.0915. The van der Waals surface area contributed by atoms with Crippen LogP contribution in [0.25, 0.3) is 0 Å². The number of nitrogens with one attached hydrogen (secondary N) is 1. The summed E-state index contributed by atoms with van der Waals surface area (Å²) in [5.74, 6) is 0. The van der Waals surface area contributed by atoms with Crippen molar-refractivity contribution in [2.24, 2.45) is 5.73 Å². The average Bonchev–Trinajstić information content (AvgIpc) is 2.76. The highest BCUT2D eigenvalue weighted by Crippen LogP contribution is 2.14. The lowest BCUT2D eigenvalue weighted by atomic mass is 10.1. The Labute approximate surface area is 108 Å². The first-order valence-electron chi connectivity index (χ1n) is 6.83. The van der Waals surface area contributed by atoms with Crippen LogP contribution in [-0.2, 0) is 4.74 Å². The van der Waals surface area contributed by atoms with Gasteiger partial charge >= 0.3 is 6.03 Å². The zero-order valence-electron chi connectivity index (χ0n) is 11.1. The Morgan fingerprint density at radius 3 is 3.11 bits per heavy atom. The first kappa shape index (κ1) is 13.6. The van der Waals surface area contributed by atoms with E-state index in [1.165, 1.54) is 0 Å². The van der Waals surface area contributed by atoms with E-state index < -0.39 is 0 Å². The Morgan fingerprint density at radius 1 is 1.56 bits per heavy atom. The van der Waals surface area contributed by atoms with Crippen molar-refractivity contribution >= 4 is 6.03 Å². The van der Waals surface area contributed by atoms with Gasteiger partial charge in [-0.15, -0.1) is 0 Å². The largest absolute Gasteiger partial charge is 0.377 e. The van der Waals surface area contributed by atoms with Crippen LogP contribution in [0.15, 0.2) is 0 Å². The van der Waals surface area contributed by atoms with Crippen LogP contribution in [0.2, 0.25) is 0 Å². The Balaban J connectivity index is 1.73. The van der Waals surface area contributed by atoms with E-state index in [4.69, 9.17) is 10.5 Å². The van der Waals surface area contributed by atoms with Gasteiger partial charge < -0.3 is 20.7 Å². The third kappa shape index (κ3) is 3.13. The molecule has 2 aliphatic heterocycles. The maximum atomic E-state index is 11.5. The number of hydrogen-bond acceptors (Lipinski definition) is 4. The first-order valence-corrected chi connectivity index (χ1v) is 6.83. The number of carbonyl (C=O) groups excluding carboxylic acids is 1. The zero-order valence-corrected chi connectivity index (χ0v) is 11.1. The van der Waals surface area contributed by atoms with E-state index in [9.17, 15) is 4.79 Å². The van der Waals surface area contributed by atoms with Crippen molar-refractivity contribution in [1.82, 2.24) is 15.1 Å². The Kier molecular flexibility index (Phi) is 4.79. The summed E-state index contributed by atoms with van der Waals surface area (Å²) in [7, 11) is 0. The number of rotatable bonds is 6. The molecule has 104 valence electrons. The summed E-state index contributed by atoms with van der Waals surface area (Å²) < 4.78 is 5.56. The van der Waals surface area contributed by atoms with Gasteiger partial charge in [-0.1, -0.05) is 0 Å². The molecule has 0 bridgehead atoms. The van der Waals surface area contributed by atoms with Crippen LogP contribution in [0.5, 0.6) is 0 Å². The first-order chi connectivity index (χ1) is 8.74. The molecule has 2 saturated heterocycles. The van der Waals surface area contributed by atoms with Gasteiger partial charge in [0.1, 0.15) is 0 Å². The number of nitrogens with zero attached hydrogens (tertiary/aromatic N) is 2. The number of hydrogen-bond donors (Lipinski definition) is 2. The standard InChI is InChI=1S/C12H24N4O2/c1-2-18-11(7-13)3-4-15-5-6-16-10(9-15)8-14-12(16)17/h10-11H,2-9,13H2,1H3,(H,14,17). The van der Waals surface area contributed by atoms with E-state index in [0.29, 0.717) is 12.6 Å². The molecule has 6 heteroatoms. The highest BCUT2D eigenvalue weighted by molar-refractivity contribution is 5.77. The summed E-state index contributed by atoms with van der Waals surface area (Å²) in [4.78, 5) is 15.8. The van der Waals surface area contributed by atoms with E-state index in [-0.39, 0.29) is 12.1 Å². The van der Waals surface area contributed by atoms with E-state index in [1.54, 1.807) is 0 Å². The van der Waals surface area contributed by atoms with Gasteiger partial charge in [-0.05, 0) is 13.3 Å². The molecular formula is C12H24N4O2. The monoisotopic (exact) mass is 256 g/mol. The predicted octanol–water partition coefficient (Wildman–Crippen LogP) is -0.550. The Morgan fingerprint density at radius 2 is 2.39 bits per heavy atom. The maximum Gasteiger partial charge on any atom is 0.317 e. The highest BCUT2D eigenvalue weighted by atomic mass is 16.5. The van der Waals surface area contributed by atoms with Crippen molar-refractivity contribution in [3.05, 3.63) is 0 Å². The lowest BCUT2D eigenvalue weighted by Gasteiger charge is -2.36. The van der Waals surface area contributed by atoms with Gasteiger partial charge in [-0.3, -0.25) is 4.90 Å². The van der Waals surface area contributed by atoms with Crippen LogP contribution in [-0.4, -0.2) is 73.9 Å². The number of ether oxygens (including phenoxy) is 1. The molecule has 0 radical (unpaired) electrons. The molecule has 2 unspecified atom stereocenters. The van der Waals surface area contributed by atoms with Crippen LogP contribution < -0.4 is 11.1 Å². The number of amides is 2. The Hall–Kier alpha value is -0.850. The van der Waals surface area contributed by atoms with Crippen LogP contribution in [0.4, 0.5) is 4.79 Å². The van der Waals surface area contributed by atoms with Crippen LogP contribution in [0.3, 0.4) is 0 Å². The molecule has 2 aliphatic rings. The van der Waals surface area contributed by atoms with E-state index >= 15 is 0 Å². The second kappa shape index (κ2) is 6.36. The second-order valence-corrected chi connectivity index (χ2v) is 4.94. The quantitative estimate of drug-likeness (QED) is 0.669. The molecule has 2 heterocycles. The molecule has 0 aliphatic carbocycles. The van der Waals surface area contributed by atoms with E-state index in [2.05, 4.69) is 10.2 Å². The average molecular weight is 256 g/mol. The number of carbonyl (C=O) groups is 1. The van der Waals surface area contributed by atoms with Gasteiger partial charge in [0.2, 0.25) is 0 Å². The molecule has 6 nitrogen and oxygen atoms in total. The van der Waals surface area contributed by atoms with Crippen LogP contribution in [0.1, 0.15) is 13.3 Å². The minimum Gasteiger partial charge on any atom is -0.377 e. The molecule has 2 atom stereocenters. The van der Waals surface area contributed by atoms with Crippen molar-refractivity contribution in [1.29, 1.82) is 0 Å². The topological polar surface area (TPSA) is 70.8 Å². The van der Waals surface area contributed by atoms with Crippen molar-refractivity contribution in [2.45, 2.75) is 25.5 Å². The highest BCUT2D eigenvalue weighted by Gasteiger charge is 2.35. The number of urea groups is 1. The normalized spacial score (nSPS) is 26.0. The van der Waals surface area contributed by atoms with E-state index in [0.717, 1.165) is 45.8 Å². The SMILES string of the molecule is CCOC(CN)CCN1CCN2C(=O)NCC2C1. The fourth-order valence-corrected chi connectivity index (χ4v) is 2.70. The van der Waals surface area contributed by atoms with Gasteiger partial charge in [0.05, 0.1) is 12.1 Å². The second-order valence-electron chi connectivity index (χ2n) is 4.94. The van der Waals surface area contributed by atoms with Gasteiger partial charge in [-0.25, -0.2) is 4.79 Å². The Bertz CT molecular complexity index is 287. The summed E-state index contributed by atoms with van der Waals surface area (Å²) in [6.45, 7) is 7.82. The summed E-state index contributed by atoms with van der Waals surface area (Å²) in [6.07, 6.45) is 1.13. The van der Waals surface area contributed by atoms with Crippen LogP contribution >= 0.6 is 0 Å². The van der Waals surface area contributed by atoms with Gasteiger partial charge in [0, 0.05) is 45.9 Å². The lowest BCUT2D eigenvalue weighted by molar-refractivity contribution is 0.0460. The molecule has 2 amide bonds. The number of piperazine rings is 1. The molecule has 2 fully saturated rings. The van der Waals surface area contributed by atoms with Crippen LogP contribution in [0, 0.1) is 0 Å². The predicted molar refractivity (Wildman–Crippen MR) is 69.4 cm³/mol. The van der Waals surface area contributed by atoms with Gasteiger partial charge in [-0.2, -0.15) is 0 Å². The summed E-state index contributed by atoms with van der Waals surface area (Å²) >= 11 is 0. The molecular weight excluding hydrogens is 232 g/mol. The fourth-order valence-electron chi connectivity index (χ4n) is 2.70. The van der Waals surface area contributed by atoms with Crippen molar-refractivity contribution < 1.29 is 9.53 Å². The molecule has 2 rings (SSSR count). The van der Waals surface area contributed by atoms with Crippen molar-refractivity contribution in [2.75, 3.05) is 45.9 Å². The summed E-state index contributed by atoms with van der Waals surface area (Å²) in [5.41, 5.74) is 5.67. The van der Waals surface area contributed by atoms with Crippen molar-refractivity contribution in [3.63, 3.8) is 0 Å². The smallest absolute Gasteiger partial charge is 0.317 e. The lowest BCUT2D eigenvalue weighted by Crippen LogP contribution is -2.52.